The van der Waals surface area contributed by atoms with Gasteiger partial charge in [-0.25, -0.2) is 4.99 Å². The number of nitro groups is 1. The first-order valence-corrected chi connectivity index (χ1v) is 3.82. The largest absolute Gasteiger partial charge is 0.382 e. The fourth-order valence-electron chi connectivity index (χ4n) is 1.08. The molecule has 1 aliphatic rings. The SMILES string of the molecule is CC1N=C(C(C)C)C([N+](=O)[O-])=N1. The number of amidine groups is 1. The average Bonchev–Trinajstić information content (AvgIpc) is 2.31. The Labute approximate surface area is 70.4 Å². The second-order valence-electron chi connectivity index (χ2n) is 3.01. The summed E-state index contributed by atoms with van der Waals surface area (Å²) in [7, 11) is 0. The van der Waals surface area contributed by atoms with Crippen LogP contribution in [0.5, 0.6) is 0 Å². The van der Waals surface area contributed by atoms with Gasteiger partial charge in [-0.1, -0.05) is 18.8 Å². The van der Waals surface area contributed by atoms with Gasteiger partial charge in [-0.3, -0.25) is 0 Å². The van der Waals surface area contributed by atoms with Gasteiger partial charge in [-0.15, -0.1) is 0 Å². The normalized spacial score (nSPS) is 22.5. The molecule has 0 N–H and O–H groups in total. The summed E-state index contributed by atoms with van der Waals surface area (Å²) < 4.78 is 0. The van der Waals surface area contributed by atoms with Crippen LogP contribution in [0.2, 0.25) is 0 Å². The van der Waals surface area contributed by atoms with E-state index < -0.39 is 4.92 Å². The van der Waals surface area contributed by atoms with Crippen molar-refractivity contribution in [3.8, 4) is 0 Å². The average molecular weight is 169 g/mol. The summed E-state index contributed by atoms with van der Waals surface area (Å²) in [6.07, 6.45) is -0.289. The number of hydrogen-bond acceptors (Lipinski definition) is 4. The topological polar surface area (TPSA) is 67.9 Å². The van der Waals surface area contributed by atoms with E-state index in [4.69, 9.17) is 0 Å². The van der Waals surface area contributed by atoms with Crippen molar-refractivity contribution in [1.82, 2.24) is 0 Å². The highest BCUT2D eigenvalue weighted by molar-refractivity contribution is 6.39. The molecule has 1 aliphatic heterocycles. The standard InChI is InChI=1S/C7H11N3O2/c1-4(2)6-7(10(11)12)9-5(3)8-6/h4-5H,1-3H3. The highest BCUT2D eigenvalue weighted by atomic mass is 16.6. The van der Waals surface area contributed by atoms with Gasteiger partial charge in [-0.2, -0.15) is 0 Å². The molecule has 1 heterocycles. The third-order valence-electron chi connectivity index (χ3n) is 1.58. The Kier molecular flexibility index (Phi) is 2.21. The van der Waals surface area contributed by atoms with Crippen LogP contribution in [0, 0.1) is 16.0 Å². The Hall–Kier alpha value is -1.26. The minimum absolute atomic E-state index is 0.0686. The summed E-state index contributed by atoms with van der Waals surface area (Å²) in [5.74, 6) is -0.00315. The van der Waals surface area contributed by atoms with Gasteiger partial charge in [-0.05, 0) is 4.92 Å². The van der Waals surface area contributed by atoms with Crippen LogP contribution >= 0.6 is 0 Å². The molecule has 0 fully saturated rings. The van der Waals surface area contributed by atoms with Crippen LogP contribution in [0.25, 0.3) is 0 Å². The van der Waals surface area contributed by atoms with Crippen LogP contribution in [0.3, 0.4) is 0 Å². The molecule has 0 radical (unpaired) electrons. The Morgan fingerprint density at radius 3 is 2.42 bits per heavy atom. The van der Waals surface area contributed by atoms with E-state index >= 15 is 0 Å². The molecule has 5 heteroatoms. The molecule has 0 saturated heterocycles. The molecule has 1 unspecified atom stereocenters. The predicted molar refractivity (Wildman–Crippen MR) is 46.2 cm³/mol. The molecule has 0 bridgehead atoms. The van der Waals surface area contributed by atoms with Crippen molar-refractivity contribution in [1.29, 1.82) is 0 Å². The molecule has 0 aromatic carbocycles. The molecule has 0 aromatic rings. The first-order chi connectivity index (χ1) is 5.52. The zero-order valence-electron chi connectivity index (χ0n) is 7.31. The van der Waals surface area contributed by atoms with E-state index in [0.717, 1.165) is 0 Å². The lowest BCUT2D eigenvalue weighted by Crippen LogP contribution is -2.24. The lowest BCUT2D eigenvalue weighted by molar-refractivity contribution is -0.346. The maximum atomic E-state index is 10.5. The van der Waals surface area contributed by atoms with Gasteiger partial charge in [0.15, 0.2) is 0 Å². The molecule has 0 amide bonds. The summed E-state index contributed by atoms with van der Waals surface area (Å²) in [4.78, 5) is 17.9. The van der Waals surface area contributed by atoms with Crippen LogP contribution in [-0.4, -0.2) is 22.6 Å². The molecule has 66 valence electrons. The molecule has 0 saturated carbocycles. The van der Waals surface area contributed by atoms with Gasteiger partial charge in [0.05, 0.1) is 0 Å². The van der Waals surface area contributed by atoms with Crippen LogP contribution in [-0.2, 0) is 0 Å². The van der Waals surface area contributed by atoms with E-state index in [-0.39, 0.29) is 17.9 Å². The molecule has 1 rings (SSSR count). The number of rotatable bonds is 1. The maximum absolute atomic E-state index is 10.5. The summed E-state index contributed by atoms with van der Waals surface area (Å²) in [6, 6.07) is 0. The molecular weight excluding hydrogens is 158 g/mol. The molecule has 5 nitrogen and oxygen atoms in total. The number of aliphatic imine (C=N–C) groups is 2. The van der Waals surface area contributed by atoms with Gasteiger partial charge in [0.1, 0.15) is 5.71 Å². The monoisotopic (exact) mass is 169 g/mol. The fraction of sp³-hybridized carbons (Fsp3) is 0.714. The maximum Gasteiger partial charge on any atom is 0.382 e. The molecule has 0 aliphatic carbocycles. The smallest absolute Gasteiger partial charge is 0.358 e. The van der Waals surface area contributed by atoms with Gasteiger partial charge in [0, 0.05) is 12.8 Å². The van der Waals surface area contributed by atoms with Gasteiger partial charge < -0.3 is 10.1 Å². The van der Waals surface area contributed by atoms with Crippen LogP contribution in [0.4, 0.5) is 0 Å². The van der Waals surface area contributed by atoms with Gasteiger partial charge >= 0.3 is 5.84 Å². The van der Waals surface area contributed by atoms with Crippen molar-refractivity contribution >= 4 is 11.5 Å². The van der Waals surface area contributed by atoms with E-state index in [9.17, 15) is 10.1 Å². The van der Waals surface area contributed by atoms with Crippen LogP contribution in [0.15, 0.2) is 9.98 Å². The Morgan fingerprint density at radius 2 is 2.08 bits per heavy atom. The molecule has 1 atom stereocenters. The molecule has 12 heavy (non-hydrogen) atoms. The molecule has 0 spiro atoms. The zero-order chi connectivity index (χ0) is 9.30. The second kappa shape index (κ2) is 3.00. The minimum Gasteiger partial charge on any atom is -0.358 e. The van der Waals surface area contributed by atoms with Crippen molar-refractivity contribution < 1.29 is 4.92 Å². The fourth-order valence-corrected chi connectivity index (χ4v) is 1.08. The van der Waals surface area contributed by atoms with E-state index in [1.54, 1.807) is 6.92 Å². The number of hydrogen-bond donors (Lipinski definition) is 0. The van der Waals surface area contributed by atoms with Crippen molar-refractivity contribution in [2.24, 2.45) is 15.9 Å². The van der Waals surface area contributed by atoms with Gasteiger partial charge in [0.2, 0.25) is 6.17 Å². The Bertz CT molecular complexity index is 268. The Morgan fingerprint density at radius 1 is 1.50 bits per heavy atom. The predicted octanol–water partition coefficient (Wildman–Crippen LogP) is 1.12. The van der Waals surface area contributed by atoms with E-state index in [2.05, 4.69) is 9.98 Å². The third kappa shape index (κ3) is 1.49. The third-order valence-corrected chi connectivity index (χ3v) is 1.58. The van der Waals surface area contributed by atoms with Gasteiger partial charge in [0.25, 0.3) is 0 Å². The quantitative estimate of drug-likeness (QED) is 0.436. The van der Waals surface area contributed by atoms with Crippen LogP contribution < -0.4 is 0 Å². The summed E-state index contributed by atoms with van der Waals surface area (Å²) in [5.41, 5.74) is 0.507. The van der Waals surface area contributed by atoms with Crippen molar-refractivity contribution in [3.63, 3.8) is 0 Å². The van der Waals surface area contributed by atoms with Crippen molar-refractivity contribution in [2.45, 2.75) is 26.9 Å². The first kappa shape index (κ1) is 8.83. The summed E-state index contributed by atoms with van der Waals surface area (Å²) in [6.45, 7) is 5.48. The first-order valence-electron chi connectivity index (χ1n) is 3.82. The lowest BCUT2D eigenvalue weighted by Gasteiger charge is -2.01. The van der Waals surface area contributed by atoms with E-state index in [0.29, 0.717) is 5.71 Å². The van der Waals surface area contributed by atoms with Crippen LogP contribution in [0.1, 0.15) is 20.8 Å². The Balaban J connectivity index is 2.95. The van der Waals surface area contributed by atoms with E-state index in [1.807, 2.05) is 13.8 Å². The minimum atomic E-state index is -0.470. The summed E-state index contributed by atoms with van der Waals surface area (Å²) in [5, 5.41) is 10.5. The molecular formula is C7H11N3O2. The highest BCUT2D eigenvalue weighted by Crippen LogP contribution is 2.11. The molecule has 0 aromatic heterocycles. The zero-order valence-corrected chi connectivity index (χ0v) is 7.31. The van der Waals surface area contributed by atoms with E-state index in [1.165, 1.54) is 0 Å². The highest BCUT2D eigenvalue weighted by Gasteiger charge is 2.31. The second-order valence-corrected chi connectivity index (χ2v) is 3.01. The van der Waals surface area contributed by atoms with Crippen molar-refractivity contribution in [3.05, 3.63) is 10.1 Å². The number of nitrogens with zero attached hydrogens (tertiary/aromatic N) is 3. The van der Waals surface area contributed by atoms with Crippen molar-refractivity contribution in [2.75, 3.05) is 0 Å². The summed E-state index contributed by atoms with van der Waals surface area (Å²) >= 11 is 0. The lowest BCUT2D eigenvalue weighted by atomic mass is 10.1.